The molecule has 3 nitrogen and oxygen atoms in total. The quantitative estimate of drug-likeness (QED) is 0.761. The van der Waals surface area contributed by atoms with Crippen LogP contribution in [0, 0.1) is 0 Å². The van der Waals surface area contributed by atoms with Crippen molar-refractivity contribution in [2.24, 2.45) is 0 Å². The molecule has 1 unspecified atom stereocenters. The van der Waals surface area contributed by atoms with Crippen molar-refractivity contribution in [2.45, 2.75) is 6.10 Å². The summed E-state index contributed by atoms with van der Waals surface area (Å²) >= 11 is 5.73. The monoisotopic (exact) mass is 230 g/mol. The van der Waals surface area contributed by atoms with Crippen LogP contribution in [0.2, 0.25) is 5.02 Å². The van der Waals surface area contributed by atoms with Crippen molar-refractivity contribution in [3.05, 3.63) is 34.9 Å². The summed E-state index contributed by atoms with van der Waals surface area (Å²) in [6.07, 6.45) is -0.612. The summed E-state index contributed by atoms with van der Waals surface area (Å²) < 4.78 is 10.0. The summed E-state index contributed by atoms with van der Waals surface area (Å²) in [5, 5.41) is 10.4. The van der Waals surface area contributed by atoms with Crippen LogP contribution >= 0.6 is 11.6 Å². The molecule has 0 saturated heterocycles. The van der Waals surface area contributed by atoms with E-state index in [1.54, 1.807) is 31.4 Å². The molecule has 0 aliphatic rings. The molecule has 0 amide bonds. The molecule has 84 valence electrons. The molecule has 0 saturated carbocycles. The highest BCUT2D eigenvalue weighted by Gasteiger charge is 2.06. The first-order valence-electron chi connectivity index (χ1n) is 4.74. The lowest BCUT2D eigenvalue weighted by atomic mass is 10.1. The molecular weight excluding hydrogens is 216 g/mol. The van der Waals surface area contributed by atoms with E-state index in [9.17, 15) is 5.11 Å². The number of hydrogen-bond acceptors (Lipinski definition) is 3. The van der Waals surface area contributed by atoms with Crippen LogP contribution in [0.15, 0.2) is 24.3 Å². The first-order valence-corrected chi connectivity index (χ1v) is 5.12. The molecule has 4 heteroatoms. The van der Waals surface area contributed by atoms with Crippen LogP contribution in [0.25, 0.3) is 0 Å². The van der Waals surface area contributed by atoms with E-state index in [0.717, 1.165) is 5.56 Å². The van der Waals surface area contributed by atoms with Gasteiger partial charge in [0.25, 0.3) is 0 Å². The van der Waals surface area contributed by atoms with Crippen molar-refractivity contribution in [3.63, 3.8) is 0 Å². The van der Waals surface area contributed by atoms with Gasteiger partial charge in [-0.15, -0.1) is 0 Å². The maximum absolute atomic E-state index is 9.70. The smallest absolute Gasteiger partial charge is 0.102 e. The van der Waals surface area contributed by atoms with Gasteiger partial charge in [0.2, 0.25) is 0 Å². The van der Waals surface area contributed by atoms with E-state index >= 15 is 0 Å². The molecule has 1 N–H and O–H groups in total. The van der Waals surface area contributed by atoms with Crippen LogP contribution in [-0.4, -0.2) is 32.0 Å². The molecule has 1 atom stereocenters. The van der Waals surface area contributed by atoms with E-state index in [2.05, 4.69) is 0 Å². The summed E-state index contributed by atoms with van der Waals surface area (Å²) in [5.74, 6) is 0. The predicted molar refractivity (Wildman–Crippen MR) is 59.1 cm³/mol. The third kappa shape index (κ3) is 4.62. The van der Waals surface area contributed by atoms with Crippen molar-refractivity contribution >= 4 is 11.6 Å². The van der Waals surface area contributed by atoms with Crippen molar-refractivity contribution in [1.82, 2.24) is 0 Å². The summed E-state index contributed by atoms with van der Waals surface area (Å²) in [6.45, 7) is 1.29. The molecule has 0 fully saturated rings. The fourth-order valence-corrected chi connectivity index (χ4v) is 1.24. The van der Waals surface area contributed by atoms with E-state index in [4.69, 9.17) is 21.1 Å². The van der Waals surface area contributed by atoms with Crippen molar-refractivity contribution in [2.75, 3.05) is 26.9 Å². The van der Waals surface area contributed by atoms with Gasteiger partial charge >= 0.3 is 0 Å². The van der Waals surface area contributed by atoms with E-state index in [0.29, 0.717) is 18.2 Å². The molecule has 0 aromatic heterocycles. The number of aliphatic hydroxyl groups is 1. The van der Waals surface area contributed by atoms with Gasteiger partial charge in [0, 0.05) is 12.1 Å². The minimum absolute atomic E-state index is 0.269. The zero-order chi connectivity index (χ0) is 11.1. The fourth-order valence-electron chi connectivity index (χ4n) is 1.12. The second-order valence-corrected chi connectivity index (χ2v) is 3.57. The number of hydrogen-bond donors (Lipinski definition) is 1. The van der Waals surface area contributed by atoms with Crippen molar-refractivity contribution in [1.29, 1.82) is 0 Å². The predicted octanol–water partition coefficient (Wildman–Crippen LogP) is 2.04. The molecule has 0 aliphatic carbocycles. The first kappa shape index (κ1) is 12.5. The number of methoxy groups -OCH3 is 1. The Balaban J connectivity index is 2.33. The number of halogens is 1. The Morgan fingerprint density at radius 3 is 2.53 bits per heavy atom. The van der Waals surface area contributed by atoms with Gasteiger partial charge in [-0.1, -0.05) is 23.7 Å². The molecular formula is C11H15ClO3. The summed E-state index contributed by atoms with van der Waals surface area (Å²) in [5.41, 5.74) is 0.803. The van der Waals surface area contributed by atoms with Crippen LogP contribution in [0.3, 0.4) is 0 Å². The molecule has 1 aromatic rings. The second kappa shape index (κ2) is 6.80. The Labute approximate surface area is 94.6 Å². The van der Waals surface area contributed by atoms with Crippen LogP contribution in [0.5, 0.6) is 0 Å². The zero-order valence-electron chi connectivity index (χ0n) is 8.65. The van der Waals surface area contributed by atoms with Crippen LogP contribution in [0.1, 0.15) is 11.7 Å². The summed E-state index contributed by atoms with van der Waals surface area (Å²) in [7, 11) is 1.61. The normalized spacial score (nSPS) is 12.7. The lowest BCUT2D eigenvalue weighted by molar-refractivity contribution is 0.0126. The maximum Gasteiger partial charge on any atom is 0.102 e. The maximum atomic E-state index is 9.70. The summed E-state index contributed by atoms with van der Waals surface area (Å²) in [6, 6.07) is 7.06. The number of aliphatic hydroxyl groups excluding tert-OH is 1. The molecule has 15 heavy (non-hydrogen) atoms. The molecule has 0 heterocycles. The molecule has 0 spiro atoms. The highest BCUT2D eigenvalue weighted by molar-refractivity contribution is 6.30. The number of ether oxygens (including phenoxy) is 2. The minimum Gasteiger partial charge on any atom is -0.386 e. The van der Waals surface area contributed by atoms with Gasteiger partial charge in [-0.25, -0.2) is 0 Å². The third-order valence-corrected chi connectivity index (χ3v) is 2.21. The lowest BCUT2D eigenvalue weighted by Gasteiger charge is -2.11. The SMILES string of the molecule is COCCOCC(O)c1ccc(Cl)cc1. The Morgan fingerprint density at radius 2 is 1.93 bits per heavy atom. The van der Waals surface area contributed by atoms with Crippen LogP contribution in [-0.2, 0) is 9.47 Å². The Bertz CT molecular complexity index is 274. The van der Waals surface area contributed by atoms with Gasteiger partial charge < -0.3 is 14.6 Å². The van der Waals surface area contributed by atoms with Gasteiger partial charge in [0.1, 0.15) is 6.10 Å². The van der Waals surface area contributed by atoms with Gasteiger partial charge in [-0.3, -0.25) is 0 Å². The van der Waals surface area contributed by atoms with Gasteiger partial charge in [0.05, 0.1) is 19.8 Å². The second-order valence-electron chi connectivity index (χ2n) is 3.14. The largest absolute Gasteiger partial charge is 0.386 e. The molecule has 1 aromatic carbocycles. The van der Waals surface area contributed by atoms with E-state index in [-0.39, 0.29) is 6.61 Å². The van der Waals surface area contributed by atoms with Crippen LogP contribution in [0.4, 0.5) is 0 Å². The average Bonchev–Trinajstić information content (AvgIpc) is 2.25. The van der Waals surface area contributed by atoms with E-state index in [1.165, 1.54) is 0 Å². The van der Waals surface area contributed by atoms with Crippen molar-refractivity contribution in [3.8, 4) is 0 Å². The molecule has 1 rings (SSSR count). The lowest BCUT2D eigenvalue weighted by Crippen LogP contribution is -2.10. The Kier molecular flexibility index (Phi) is 5.65. The van der Waals surface area contributed by atoms with Crippen molar-refractivity contribution < 1.29 is 14.6 Å². The molecule has 0 radical (unpaired) electrons. The molecule has 0 bridgehead atoms. The first-order chi connectivity index (χ1) is 7.24. The van der Waals surface area contributed by atoms with Gasteiger partial charge in [-0.05, 0) is 17.7 Å². The van der Waals surface area contributed by atoms with Crippen LogP contribution < -0.4 is 0 Å². The van der Waals surface area contributed by atoms with E-state index < -0.39 is 6.10 Å². The standard InChI is InChI=1S/C11H15ClO3/c1-14-6-7-15-8-11(13)9-2-4-10(12)5-3-9/h2-5,11,13H,6-8H2,1H3. The van der Waals surface area contributed by atoms with Gasteiger partial charge in [0.15, 0.2) is 0 Å². The average molecular weight is 231 g/mol. The van der Waals surface area contributed by atoms with Gasteiger partial charge in [-0.2, -0.15) is 0 Å². The minimum atomic E-state index is -0.612. The molecule has 0 aliphatic heterocycles. The Morgan fingerprint density at radius 1 is 1.27 bits per heavy atom. The number of benzene rings is 1. The number of rotatable bonds is 6. The fraction of sp³-hybridized carbons (Fsp3) is 0.455. The Hall–Kier alpha value is -0.610. The highest BCUT2D eigenvalue weighted by Crippen LogP contribution is 2.16. The highest BCUT2D eigenvalue weighted by atomic mass is 35.5. The topological polar surface area (TPSA) is 38.7 Å². The summed E-state index contributed by atoms with van der Waals surface area (Å²) in [4.78, 5) is 0. The van der Waals surface area contributed by atoms with E-state index in [1.807, 2.05) is 0 Å². The third-order valence-electron chi connectivity index (χ3n) is 1.96. The zero-order valence-corrected chi connectivity index (χ0v) is 9.41.